The minimum Gasteiger partial charge on any atom is -0.467 e. The Morgan fingerprint density at radius 3 is 2.80 bits per heavy atom. The molecule has 0 radical (unpaired) electrons. The number of carbonyl (C=O) groups is 1. The summed E-state index contributed by atoms with van der Waals surface area (Å²) < 4.78 is 54.4. The lowest BCUT2D eigenvalue weighted by atomic mass is 10.2. The zero-order valence-electron chi connectivity index (χ0n) is 15.8. The summed E-state index contributed by atoms with van der Waals surface area (Å²) >= 11 is 0. The van der Waals surface area contributed by atoms with Crippen LogP contribution in [0.2, 0.25) is 0 Å². The Labute approximate surface area is 168 Å². The lowest BCUT2D eigenvalue weighted by molar-refractivity contribution is -0.154. The van der Waals surface area contributed by atoms with Gasteiger partial charge in [0.25, 0.3) is 0 Å². The van der Waals surface area contributed by atoms with E-state index in [1.54, 1.807) is 13.0 Å². The Morgan fingerprint density at radius 1 is 1.30 bits per heavy atom. The average Bonchev–Trinajstić information content (AvgIpc) is 3.39. The van der Waals surface area contributed by atoms with Crippen molar-refractivity contribution in [3.63, 3.8) is 0 Å². The normalized spacial score (nSPS) is 19.5. The summed E-state index contributed by atoms with van der Waals surface area (Å²) in [6.45, 7) is 0.262. The third-order valence-electron chi connectivity index (χ3n) is 4.96. The van der Waals surface area contributed by atoms with Gasteiger partial charge < -0.3 is 15.0 Å². The standard InChI is InChI=1S/C20H18F4N4O2/c1-10(17-7-26-18(8-25-17)30-9-20(22,23)24)27-19(29)14-6-13(14)16-5-11-4-12(21)2-3-15(11)28-16/h2-5,7-8,10,13-14,28H,6,9H2,1H3,(H,27,29)/t10-,13?,14?/m1/s1. The molecule has 1 fully saturated rings. The summed E-state index contributed by atoms with van der Waals surface area (Å²) in [6.07, 6.45) is -1.42. The lowest BCUT2D eigenvalue weighted by Crippen LogP contribution is -2.29. The molecule has 3 aromatic rings. The Morgan fingerprint density at radius 2 is 2.10 bits per heavy atom. The van der Waals surface area contributed by atoms with E-state index in [9.17, 15) is 22.4 Å². The van der Waals surface area contributed by atoms with Crippen LogP contribution in [0.5, 0.6) is 5.88 Å². The minimum atomic E-state index is -4.46. The highest BCUT2D eigenvalue weighted by Gasteiger charge is 2.45. The van der Waals surface area contributed by atoms with E-state index in [0.717, 1.165) is 22.8 Å². The van der Waals surface area contributed by atoms with E-state index in [-0.39, 0.29) is 29.4 Å². The van der Waals surface area contributed by atoms with Crippen LogP contribution in [0.3, 0.4) is 0 Å². The van der Waals surface area contributed by atoms with Crippen LogP contribution in [0.15, 0.2) is 36.7 Å². The topological polar surface area (TPSA) is 79.9 Å². The van der Waals surface area contributed by atoms with Crippen molar-refractivity contribution in [3.05, 3.63) is 53.9 Å². The van der Waals surface area contributed by atoms with Gasteiger partial charge in [-0.05, 0) is 37.6 Å². The number of fused-ring (bicyclic) bond motifs is 1. The molecule has 30 heavy (non-hydrogen) atoms. The van der Waals surface area contributed by atoms with E-state index >= 15 is 0 Å². The number of hydrogen-bond donors (Lipinski definition) is 2. The summed E-state index contributed by atoms with van der Waals surface area (Å²) in [7, 11) is 0. The maximum Gasteiger partial charge on any atom is 0.422 e. The maximum absolute atomic E-state index is 13.3. The highest BCUT2D eigenvalue weighted by molar-refractivity contribution is 5.85. The second kappa shape index (κ2) is 7.58. The van der Waals surface area contributed by atoms with E-state index in [1.807, 2.05) is 6.07 Å². The van der Waals surface area contributed by atoms with Gasteiger partial charge in [-0.3, -0.25) is 9.78 Å². The van der Waals surface area contributed by atoms with Crippen LogP contribution >= 0.6 is 0 Å². The fourth-order valence-electron chi connectivity index (χ4n) is 3.33. The van der Waals surface area contributed by atoms with E-state index in [4.69, 9.17) is 0 Å². The molecule has 1 aromatic carbocycles. The van der Waals surface area contributed by atoms with Crippen LogP contribution in [-0.2, 0) is 4.79 Å². The molecule has 6 nitrogen and oxygen atoms in total. The van der Waals surface area contributed by atoms with Crippen LogP contribution in [0.25, 0.3) is 10.9 Å². The Bertz CT molecular complexity index is 1060. The van der Waals surface area contributed by atoms with Gasteiger partial charge >= 0.3 is 6.18 Å². The number of hydrogen-bond acceptors (Lipinski definition) is 4. The highest BCUT2D eigenvalue weighted by atomic mass is 19.4. The van der Waals surface area contributed by atoms with E-state index < -0.39 is 18.8 Å². The molecule has 10 heteroatoms. The Kier molecular flexibility index (Phi) is 5.08. The first-order valence-electron chi connectivity index (χ1n) is 9.29. The molecule has 4 rings (SSSR count). The molecule has 1 saturated carbocycles. The zero-order valence-corrected chi connectivity index (χ0v) is 15.8. The number of rotatable bonds is 6. The second-order valence-corrected chi connectivity index (χ2v) is 7.32. The number of H-pyrrole nitrogens is 1. The lowest BCUT2D eigenvalue weighted by Gasteiger charge is -2.14. The van der Waals surface area contributed by atoms with Crippen molar-refractivity contribution in [2.45, 2.75) is 31.5 Å². The molecule has 0 saturated heterocycles. The van der Waals surface area contributed by atoms with E-state index in [1.165, 1.54) is 18.3 Å². The van der Waals surface area contributed by atoms with Crippen molar-refractivity contribution in [3.8, 4) is 5.88 Å². The second-order valence-electron chi connectivity index (χ2n) is 7.32. The highest BCUT2D eigenvalue weighted by Crippen LogP contribution is 2.48. The third kappa shape index (κ3) is 4.52. The van der Waals surface area contributed by atoms with Gasteiger partial charge in [-0.15, -0.1) is 0 Å². The summed E-state index contributed by atoms with van der Waals surface area (Å²) in [5, 5.41) is 3.60. The van der Waals surface area contributed by atoms with Crippen molar-refractivity contribution < 1.29 is 27.1 Å². The van der Waals surface area contributed by atoms with Gasteiger partial charge in [0.2, 0.25) is 11.8 Å². The van der Waals surface area contributed by atoms with Gasteiger partial charge in [0, 0.05) is 28.4 Å². The SMILES string of the molecule is C[C@@H](NC(=O)C1CC1c1cc2cc(F)ccc2[nH]1)c1cnc(OCC(F)(F)F)cn1. The van der Waals surface area contributed by atoms with Gasteiger partial charge in [0.15, 0.2) is 6.61 Å². The molecule has 3 atom stereocenters. The van der Waals surface area contributed by atoms with E-state index in [2.05, 4.69) is 25.0 Å². The molecule has 0 spiro atoms. The number of alkyl halides is 3. The predicted octanol–water partition coefficient (Wildman–Crippen LogP) is 4.02. The smallest absolute Gasteiger partial charge is 0.422 e. The number of nitrogens with one attached hydrogen (secondary N) is 2. The van der Waals surface area contributed by atoms with Crippen LogP contribution in [0.1, 0.15) is 36.7 Å². The number of carbonyl (C=O) groups excluding carboxylic acids is 1. The number of amides is 1. The first-order chi connectivity index (χ1) is 14.2. The van der Waals surface area contributed by atoms with Gasteiger partial charge in [-0.25, -0.2) is 9.37 Å². The molecule has 2 heterocycles. The van der Waals surface area contributed by atoms with Crippen molar-refractivity contribution in [2.75, 3.05) is 6.61 Å². The van der Waals surface area contributed by atoms with Crippen molar-refractivity contribution in [1.82, 2.24) is 20.3 Å². The molecule has 0 aliphatic heterocycles. The first kappa shape index (κ1) is 20.1. The van der Waals surface area contributed by atoms with Gasteiger partial charge in [0.1, 0.15) is 5.82 Å². The number of ether oxygens (including phenoxy) is 1. The van der Waals surface area contributed by atoms with Gasteiger partial charge in [-0.2, -0.15) is 13.2 Å². The first-order valence-corrected chi connectivity index (χ1v) is 9.29. The summed E-state index contributed by atoms with van der Waals surface area (Å²) in [4.78, 5) is 23.6. The number of halogens is 4. The molecule has 2 N–H and O–H groups in total. The average molecular weight is 422 g/mol. The molecule has 0 bridgehead atoms. The zero-order chi connectivity index (χ0) is 21.5. The molecule has 1 aliphatic carbocycles. The molecule has 1 aliphatic rings. The summed E-state index contributed by atoms with van der Waals surface area (Å²) in [5.74, 6) is -0.906. The van der Waals surface area contributed by atoms with Crippen LogP contribution < -0.4 is 10.1 Å². The van der Waals surface area contributed by atoms with Crippen molar-refractivity contribution in [1.29, 1.82) is 0 Å². The van der Waals surface area contributed by atoms with Crippen LogP contribution in [0.4, 0.5) is 17.6 Å². The van der Waals surface area contributed by atoms with Gasteiger partial charge in [0.05, 0.1) is 24.1 Å². The van der Waals surface area contributed by atoms with Crippen LogP contribution in [-0.4, -0.2) is 33.6 Å². The molecular weight excluding hydrogens is 404 g/mol. The largest absolute Gasteiger partial charge is 0.467 e. The predicted molar refractivity (Wildman–Crippen MR) is 99.2 cm³/mol. The van der Waals surface area contributed by atoms with Crippen molar-refractivity contribution >= 4 is 16.8 Å². The Balaban J connectivity index is 1.33. The summed E-state index contributed by atoms with van der Waals surface area (Å²) in [5.41, 5.74) is 2.10. The maximum atomic E-state index is 13.3. The molecule has 158 valence electrons. The minimum absolute atomic E-state index is 0.0249. The van der Waals surface area contributed by atoms with Crippen molar-refractivity contribution in [2.24, 2.45) is 5.92 Å². The van der Waals surface area contributed by atoms with E-state index in [0.29, 0.717) is 12.1 Å². The number of nitrogens with zero attached hydrogens (tertiary/aromatic N) is 2. The number of aromatic amines is 1. The van der Waals surface area contributed by atoms with Gasteiger partial charge in [-0.1, -0.05) is 0 Å². The fourth-order valence-corrected chi connectivity index (χ4v) is 3.33. The number of aromatic nitrogens is 3. The third-order valence-corrected chi connectivity index (χ3v) is 4.96. The molecule has 2 unspecified atom stereocenters. The monoisotopic (exact) mass is 422 g/mol. The molecule has 2 aromatic heterocycles. The Hall–Kier alpha value is -3.17. The number of benzene rings is 1. The fraction of sp³-hybridized carbons (Fsp3) is 0.350. The molecular formula is C20H18F4N4O2. The van der Waals surface area contributed by atoms with Crippen LogP contribution in [0, 0.1) is 11.7 Å². The molecule has 1 amide bonds. The summed E-state index contributed by atoms with van der Waals surface area (Å²) in [6, 6.07) is 5.86. The quantitative estimate of drug-likeness (QED) is 0.588.